The molecule has 0 amide bonds. The lowest BCUT2D eigenvalue weighted by molar-refractivity contribution is -0.145. The van der Waals surface area contributed by atoms with Crippen LogP contribution in [-0.4, -0.2) is 31.8 Å². The van der Waals surface area contributed by atoms with Crippen LogP contribution in [0.15, 0.2) is 12.1 Å². The quantitative estimate of drug-likeness (QED) is 0.780. The van der Waals surface area contributed by atoms with Crippen LogP contribution in [0.4, 0.5) is 0 Å². The Morgan fingerprint density at radius 3 is 2.81 bits per heavy atom. The van der Waals surface area contributed by atoms with E-state index in [1.807, 2.05) is 13.8 Å². The molecule has 2 rings (SSSR count). The van der Waals surface area contributed by atoms with Crippen molar-refractivity contribution in [2.75, 3.05) is 13.7 Å². The number of esters is 2. The summed E-state index contributed by atoms with van der Waals surface area (Å²) in [6, 6.07) is 3.53. The van der Waals surface area contributed by atoms with Gasteiger partial charge >= 0.3 is 11.9 Å². The highest BCUT2D eigenvalue weighted by Gasteiger charge is 2.27. The summed E-state index contributed by atoms with van der Waals surface area (Å²) in [6.07, 6.45) is 1.63. The van der Waals surface area contributed by atoms with Crippen LogP contribution < -0.4 is 4.74 Å². The molecule has 1 unspecified atom stereocenters. The van der Waals surface area contributed by atoms with E-state index >= 15 is 0 Å². The molecule has 0 N–H and O–H groups in total. The van der Waals surface area contributed by atoms with Gasteiger partial charge in [0.05, 0.1) is 12.7 Å². The summed E-state index contributed by atoms with van der Waals surface area (Å²) in [6.45, 7) is 4.05. The van der Waals surface area contributed by atoms with Crippen molar-refractivity contribution in [1.29, 1.82) is 0 Å². The van der Waals surface area contributed by atoms with Crippen molar-refractivity contribution in [3.63, 3.8) is 0 Å². The maximum atomic E-state index is 11.6. The Morgan fingerprint density at radius 1 is 1.38 bits per heavy atom. The van der Waals surface area contributed by atoms with Gasteiger partial charge in [-0.15, -0.1) is 0 Å². The Hall–Kier alpha value is -2.04. The predicted octanol–water partition coefficient (Wildman–Crippen LogP) is 2.43. The van der Waals surface area contributed by atoms with Crippen molar-refractivity contribution < 1.29 is 23.8 Å². The van der Waals surface area contributed by atoms with E-state index in [0.717, 1.165) is 23.3 Å². The maximum Gasteiger partial charge on any atom is 0.337 e. The number of fused-ring (bicyclic) bond motifs is 1. The van der Waals surface area contributed by atoms with E-state index in [4.69, 9.17) is 14.2 Å². The van der Waals surface area contributed by atoms with Crippen LogP contribution >= 0.6 is 0 Å². The van der Waals surface area contributed by atoms with Gasteiger partial charge in [0.15, 0.2) is 0 Å². The molecule has 0 fully saturated rings. The molecule has 1 aliphatic heterocycles. The van der Waals surface area contributed by atoms with Crippen molar-refractivity contribution >= 4 is 11.9 Å². The van der Waals surface area contributed by atoms with Crippen LogP contribution in [0.2, 0.25) is 0 Å². The normalized spacial score (nSPS) is 16.0. The van der Waals surface area contributed by atoms with Gasteiger partial charge in [-0.25, -0.2) is 4.79 Å². The van der Waals surface area contributed by atoms with E-state index in [0.29, 0.717) is 18.4 Å². The first-order chi connectivity index (χ1) is 10.0. The van der Waals surface area contributed by atoms with E-state index in [1.165, 1.54) is 7.11 Å². The third kappa shape index (κ3) is 3.54. The highest BCUT2D eigenvalue weighted by atomic mass is 16.6. The van der Waals surface area contributed by atoms with Crippen LogP contribution in [-0.2, 0) is 20.7 Å². The average molecular weight is 292 g/mol. The standard InChI is InChI=1S/C16H20O5/c1-4-5-14(17)20-9-13-8-11-7-12(16(18)19-3)6-10(2)15(11)21-13/h6-7,13H,4-5,8-9H2,1-3H3. The molecule has 0 bridgehead atoms. The number of aryl methyl sites for hydroxylation is 1. The zero-order chi connectivity index (χ0) is 15.4. The Bertz CT molecular complexity index is 550. The molecule has 1 aromatic rings. The number of benzene rings is 1. The highest BCUT2D eigenvalue weighted by Crippen LogP contribution is 2.33. The summed E-state index contributed by atoms with van der Waals surface area (Å²) in [5.41, 5.74) is 2.35. The number of carbonyl (C=O) groups excluding carboxylic acids is 2. The first-order valence-corrected chi connectivity index (χ1v) is 7.09. The summed E-state index contributed by atoms with van der Waals surface area (Å²) >= 11 is 0. The minimum atomic E-state index is -0.362. The van der Waals surface area contributed by atoms with Crippen LogP contribution in [0.25, 0.3) is 0 Å². The summed E-state index contributed by atoms with van der Waals surface area (Å²) in [4.78, 5) is 23.0. The number of hydrogen-bond acceptors (Lipinski definition) is 5. The van der Waals surface area contributed by atoms with Crippen molar-refractivity contribution in [3.8, 4) is 5.75 Å². The fourth-order valence-corrected chi connectivity index (χ4v) is 2.41. The molecule has 5 heteroatoms. The minimum absolute atomic E-state index is 0.188. The Morgan fingerprint density at radius 2 is 2.14 bits per heavy atom. The molecule has 0 radical (unpaired) electrons. The van der Waals surface area contributed by atoms with Crippen LogP contribution in [0.5, 0.6) is 5.75 Å². The fourth-order valence-electron chi connectivity index (χ4n) is 2.41. The van der Waals surface area contributed by atoms with E-state index in [2.05, 4.69) is 0 Å². The third-order valence-electron chi connectivity index (χ3n) is 3.39. The number of ether oxygens (including phenoxy) is 3. The largest absolute Gasteiger partial charge is 0.486 e. The topological polar surface area (TPSA) is 61.8 Å². The van der Waals surface area contributed by atoms with Crippen molar-refractivity contribution in [2.45, 2.75) is 39.2 Å². The lowest BCUT2D eigenvalue weighted by atomic mass is 10.0. The molecule has 0 aromatic heterocycles. The molecule has 1 aromatic carbocycles. The maximum absolute atomic E-state index is 11.6. The summed E-state index contributed by atoms with van der Waals surface area (Å²) in [7, 11) is 1.36. The minimum Gasteiger partial charge on any atom is -0.486 e. The first kappa shape index (κ1) is 15.4. The second kappa shape index (κ2) is 6.61. The molecule has 1 heterocycles. The molecule has 0 spiro atoms. The Labute approximate surface area is 124 Å². The van der Waals surface area contributed by atoms with Crippen molar-refractivity contribution in [2.24, 2.45) is 0 Å². The van der Waals surface area contributed by atoms with Gasteiger partial charge in [0.2, 0.25) is 0 Å². The summed E-state index contributed by atoms with van der Waals surface area (Å²) in [5.74, 6) is 0.210. The molecule has 0 saturated heterocycles. The van der Waals surface area contributed by atoms with Gasteiger partial charge in [0.25, 0.3) is 0 Å². The highest BCUT2D eigenvalue weighted by molar-refractivity contribution is 5.90. The van der Waals surface area contributed by atoms with E-state index < -0.39 is 0 Å². The predicted molar refractivity (Wildman–Crippen MR) is 76.5 cm³/mol. The second-order valence-corrected chi connectivity index (χ2v) is 5.15. The van der Waals surface area contributed by atoms with Gasteiger partial charge in [-0.2, -0.15) is 0 Å². The molecule has 5 nitrogen and oxygen atoms in total. The number of hydrogen-bond donors (Lipinski definition) is 0. The lowest BCUT2D eigenvalue weighted by Crippen LogP contribution is -2.22. The smallest absolute Gasteiger partial charge is 0.337 e. The molecule has 1 aliphatic rings. The lowest BCUT2D eigenvalue weighted by Gasteiger charge is -2.12. The first-order valence-electron chi connectivity index (χ1n) is 7.09. The van der Waals surface area contributed by atoms with E-state index in [-0.39, 0.29) is 24.6 Å². The van der Waals surface area contributed by atoms with Crippen LogP contribution in [0.3, 0.4) is 0 Å². The average Bonchev–Trinajstić information content (AvgIpc) is 2.88. The van der Waals surface area contributed by atoms with Gasteiger partial charge < -0.3 is 14.2 Å². The molecule has 114 valence electrons. The monoisotopic (exact) mass is 292 g/mol. The van der Waals surface area contributed by atoms with Crippen molar-refractivity contribution in [3.05, 3.63) is 28.8 Å². The van der Waals surface area contributed by atoms with E-state index in [9.17, 15) is 9.59 Å². The Kier molecular flexibility index (Phi) is 4.83. The van der Waals surface area contributed by atoms with Crippen molar-refractivity contribution in [1.82, 2.24) is 0 Å². The van der Waals surface area contributed by atoms with Crippen LogP contribution in [0.1, 0.15) is 41.3 Å². The summed E-state index contributed by atoms with van der Waals surface area (Å²) in [5, 5.41) is 0. The van der Waals surface area contributed by atoms with Gasteiger partial charge in [-0.3, -0.25) is 4.79 Å². The number of carbonyl (C=O) groups is 2. The molecular weight excluding hydrogens is 272 g/mol. The van der Waals surface area contributed by atoms with Gasteiger partial charge in [-0.05, 0) is 36.6 Å². The van der Waals surface area contributed by atoms with Gasteiger partial charge in [0.1, 0.15) is 18.5 Å². The van der Waals surface area contributed by atoms with Gasteiger partial charge in [-0.1, -0.05) is 6.92 Å². The van der Waals surface area contributed by atoms with Crippen LogP contribution in [0, 0.1) is 6.92 Å². The van der Waals surface area contributed by atoms with E-state index in [1.54, 1.807) is 12.1 Å². The zero-order valence-corrected chi connectivity index (χ0v) is 12.6. The third-order valence-corrected chi connectivity index (χ3v) is 3.39. The zero-order valence-electron chi connectivity index (χ0n) is 12.6. The molecule has 0 aliphatic carbocycles. The van der Waals surface area contributed by atoms with Gasteiger partial charge in [0, 0.05) is 12.8 Å². The SMILES string of the molecule is CCCC(=O)OCC1Cc2cc(C(=O)OC)cc(C)c2O1. The molecule has 0 saturated carbocycles. The molecule has 21 heavy (non-hydrogen) atoms. The second-order valence-electron chi connectivity index (χ2n) is 5.15. The fraction of sp³-hybridized carbons (Fsp3) is 0.500. The number of rotatable bonds is 5. The molecule has 1 atom stereocenters. The Balaban J connectivity index is 2.03. The summed E-state index contributed by atoms with van der Waals surface area (Å²) < 4.78 is 15.7. The number of methoxy groups -OCH3 is 1. The molecular formula is C16H20O5.